The molecule has 0 saturated carbocycles. The van der Waals surface area contributed by atoms with Gasteiger partial charge in [-0.2, -0.15) is 13.2 Å². The van der Waals surface area contributed by atoms with Crippen LogP contribution in [-0.4, -0.2) is 19.6 Å². The van der Waals surface area contributed by atoms with Gasteiger partial charge in [-0.15, -0.1) is 0 Å². The van der Waals surface area contributed by atoms with E-state index in [0.29, 0.717) is 11.1 Å². The molecule has 102 valence electrons. The molecule has 1 rings (SSSR count). The van der Waals surface area contributed by atoms with Gasteiger partial charge in [-0.1, -0.05) is 31.9 Å². The number of alkyl halides is 4. The minimum atomic E-state index is -4.34. The third-order valence-electron chi connectivity index (χ3n) is 2.01. The summed E-state index contributed by atoms with van der Waals surface area (Å²) >= 11 is 6.64. The van der Waals surface area contributed by atoms with Crippen molar-refractivity contribution in [3.63, 3.8) is 0 Å². The van der Waals surface area contributed by atoms with Crippen LogP contribution in [0, 0.1) is 6.92 Å². The fourth-order valence-corrected chi connectivity index (χ4v) is 2.40. The van der Waals surface area contributed by atoms with E-state index < -0.39 is 19.6 Å². The van der Waals surface area contributed by atoms with E-state index in [4.69, 9.17) is 4.74 Å². The van der Waals surface area contributed by atoms with Crippen molar-refractivity contribution in [2.24, 2.45) is 0 Å². The van der Waals surface area contributed by atoms with Crippen molar-refractivity contribution in [2.75, 3.05) is 13.4 Å². The fraction of sp³-hybridized carbons (Fsp3) is 0.455. The van der Waals surface area contributed by atoms with Gasteiger partial charge in [-0.05, 0) is 24.6 Å². The average Bonchev–Trinajstić information content (AvgIpc) is 2.24. The third kappa shape index (κ3) is 5.16. The lowest BCUT2D eigenvalue weighted by Crippen LogP contribution is -2.19. The first kappa shape index (κ1) is 15.8. The Labute approximate surface area is 120 Å². The first-order chi connectivity index (χ1) is 8.33. The second-order valence-corrected chi connectivity index (χ2v) is 5.05. The average molecular weight is 392 g/mol. The van der Waals surface area contributed by atoms with Crippen molar-refractivity contribution in [2.45, 2.75) is 18.4 Å². The van der Waals surface area contributed by atoms with Crippen molar-refractivity contribution in [1.29, 1.82) is 0 Å². The second-order valence-electron chi connectivity index (χ2n) is 3.57. The normalized spacial score (nSPS) is 11.7. The molecule has 18 heavy (non-hydrogen) atoms. The molecule has 1 aromatic rings. The Bertz CT molecular complexity index is 408. The maximum atomic E-state index is 11.9. The van der Waals surface area contributed by atoms with Gasteiger partial charge >= 0.3 is 6.18 Å². The van der Waals surface area contributed by atoms with E-state index in [0.717, 1.165) is 15.6 Å². The fourth-order valence-electron chi connectivity index (χ4n) is 1.36. The predicted molar refractivity (Wildman–Crippen MR) is 69.0 cm³/mol. The van der Waals surface area contributed by atoms with Gasteiger partial charge in [-0.25, -0.2) is 0 Å². The first-order valence-electron chi connectivity index (χ1n) is 4.96. The van der Waals surface area contributed by atoms with Gasteiger partial charge in [0, 0.05) is 15.4 Å². The lowest BCUT2D eigenvalue weighted by Gasteiger charge is -2.14. The van der Waals surface area contributed by atoms with E-state index in [2.05, 4.69) is 36.6 Å². The highest BCUT2D eigenvalue weighted by molar-refractivity contribution is 9.10. The predicted octanol–water partition coefficient (Wildman–Crippen LogP) is 4.57. The standard InChI is InChI=1S/C11H11Br2F3O2/c1-7-2-9(13)3-8(4-12)10(7)18-6-17-5-11(14,15)16/h2-3H,4-6H2,1H3. The van der Waals surface area contributed by atoms with E-state index in [-0.39, 0.29) is 0 Å². The monoisotopic (exact) mass is 390 g/mol. The van der Waals surface area contributed by atoms with Gasteiger partial charge in [0.15, 0.2) is 6.79 Å². The first-order valence-corrected chi connectivity index (χ1v) is 6.87. The Balaban J connectivity index is 2.62. The Kier molecular flexibility index (Phi) is 5.94. The third-order valence-corrected chi connectivity index (χ3v) is 3.07. The summed E-state index contributed by atoms with van der Waals surface area (Å²) < 4.78 is 46.1. The van der Waals surface area contributed by atoms with Crippen molar-refractivity contribution in [3.05, 3.63) is 27.7 Å². The molecule has 0 heterocycles. The minimum absolute atomic E-state index is 0.429. The second kappa shape index (κ2) is 6.77. The molecule has 0 amide bonds. The molecule has 2 nitrogen and oxygen atoms in total. The van der Waals surface area contributed by atoms with Crippen LogP contribution in [0.1, 0.15) is 11.1 Å². The zero-order valence-electron chi connectivity index (χ0n) is 9.48. The zero-order valence-corrected chi connectivity index (χ0v) is 12.7. The molecule has 0 saturated heterocycles. The number of aryl methyl sites for hydroxylation is 1. The lowest BCUT2D eigenvalue weighted by molar-refractivity contribution is -0.186. The summed E-state index contributed by atoms with van der Waals surface area (Å²) in [5.74, 6) is 0.539. The van der Waals surface area contributed by atoms with Gasteiger partial charge in [0.25, 0.3) is 0 Å². The Morgan fingerprint density at radius 1 is 1.28 bits per heavy atom. The van der Waals surface area contributed by atoms with Crippen LogP contribution in [0.2, 0.25) is 0 Å². The molecule has 0 aliphatic rings. The molecule has 0 aliphatic heterocycles. The van der Waals surface area contributed by atoms with Crippen molar-refractivity contribution in [1.82, 2.24) is 0 Å². The van der Waals surface area contributed by atoms with Crippen molar-refractivity contribution >= 4 is 31.9 Å². The summed E-state index contributed by atoms with van der Waals surface area (Å²) in [6.07, 6.45) is -4.34. The van der Waals surface area contributed by atoms with Crippen LogP contribution in [0.15, 0.2) is 16.6 Å². The molecule has 0 radical (unpaired) electrons. The SMILES string of the molecule is Cc1cc(Br)cc(CBr)c1OCOCC(F)(F)F. The summed E-state index contributed by atoms with van der Waals surface area (Å²) in [7, 11) is 0. The molecule has 0 spiro atoms. The Hall–Kier alpha value is -0.270. The van der Waals surface area contributed by atoms with Gasteiger partial charge < -0.3 is 9.47 Å². The van der Waals surface area contributed by atoms with E-state index in [1.54, 1.807) is 0 Å². The number of benzene rings is 1. The highest BCUT2D eigenvalue weighted by Gasteiger charge is 2.27. The highest BCUT2D eigenvalue weighted by Crippen LogP contribution is 2.29. The molecule has 0 fully saturated rings. The van der Waals surface area contributed by atoms with Crippen LogP contribution in [0.5, 0.6) is 5.75 Å². The molecule has 0 unspecified atom stereocenters. The summed E-state index contributed by atoms with van der Waals surface area (Å²) in [6.45, 7) is 0.0736. The number of hydrogen-bond donors (Lipinski definition) is 0. The number of rotatable bonds is 5. The maximum Gasteiger partial charge on any atom is 0.411 e. The molecule has 0 atom stereocenters. The summed E-state index contributed by atoms with van der Waals surface area (Å²) in [4.78, 5) is 0. The molecule has 1 aromatic carbocycles. The molecule has 0 aliphatic carbocycles. The summed E-state index contributed by atoms with van der Waals surface area (Å²) in [5.41, 5.74) is 1.67. The molecule has 0 N–H and O–H groups in total. The van der Waals surface area contributed by atoms with Crippen molar-refractivity contribution < 1.29 is 22.6 Å². The van der Waals surface area contributed by atoms with Crippen LogP contribution in [-0.2, 0) is 10.1 Å². The number of hydrogen-bond acceptors (Lipinski definition) is 2. The number of ether oxygens (including phenoxy) is 2. The van der Waals surface area contributed by atoms with Gasteiger partial charge in [0.05, 0.1) is 0 Å². The molecular weight excluding hydrogens is 381 g/mol. The topological polar surface area (TPSA) is 18.5 Å². The summed E-state index contributed by atoms with van der Waals surface area (Å²) in [5, 5.41) is 0.544. The quantitative estimate of drug-likeness (QED) is 0.416. The molecule has 0 bridgehead atoms. The number of halogens is 5. The Morgan fingerprint density at radius 3 is 2.50 bits per heavy atom. The van der Waals surface area contributed by atoms with E-state index in [1.807, 2.05) is 19.1 Å². The van der Waals surface area contributed by atoms with E-state index >= 15 is 0 Å². The maximum absolute atomic E-state index is 11.9. The van der Waals surface area contributed by atoms with Gasteiger partial charge in [-0.3, -0.25) is 0 Å². The van der Waals surface area contributed by atoms with Crippen LogP contribution in [0.4, 0.5) is 13.2 Å². The summed E-state index contributed by atoms with van der Waals surface area (Å²) in [6, 6.07) is 3.66. The van der Waals surface area contributed by atoms with Gasteiger partial charge in [0.1, 0.15) is 12.4 Å². The van der Waals surface area contributed by atoms with Crippen LogP contribution in [0.3, 0.4) is 0 Å². The smallest absolute Gasteiger partial charge is 0.411 e. The minimum Gasteiger partial charge on any atom is -0.467 e. The zero-order chi connectivity index (χ0) is 13.8. The molecule has 7 heteroatoms. The van der Waals surface area contributed by atoms with Crippen LogP contribution < -0.4 is 4.74 Å². The van der Waals surface area contributed by atoms with E-state index in [1.165, 1.54) is 0 Å². The Morgan fingerprint density at radius 2 is 1.94 bits per heavy atom. The molecular formula is C11H11Br2F3O2. The van der Waals surface area contributed by atoms with Crippen LogP contribution >= 0.6 is 31.9 Å². The lowest BCUT2D eigenvalue weighted by atomic mass is 10.1. The highest BCUT2D eigenvalue weighted by atomic mass is 79.9. The van der Waals surface area contributed by atoms with Crippen LogP contribution in [0.25, 0.3) is 0 Å². The van der Waals surface area contributed by atoms with Gasteiger partial charge in [0.2, 0.25) is 0 Å². The van der Waals surface area contributed by atoms with Crippen molar-refractivity contribution in [3.8, 4) is 5.75 Å². The molecule has 0 aromatic heterocycles. The van der Waals surface area contributed by atoms with E-state index in [9.17, 15) is 13.2 Å². The largest absolute Gasteiger partial charge is 0.467 e.